The molecule has 1 saturated carbocycles. The van der Waals surface area contributed by atoms with Crippen molar-refractivity contribution in [1.82, 2.24) is 4.90 Å². The van der Waals surface area contributed by atoms with Crippen LogP contribution in [0.5, 0.6) is 5.75 Å². The van der Waals surface area contributed by atoms with Crippen molar-refractivity contribution in [2.24, 2.45) is 5.92 Å². The van der Waals surface area contributed by atoms with E-state index in [1.807, 2.05) is 11.0 Å². The van der Waals surface area contributed by atoms with Crippen LogP contribution in [0, 0.1) is 5.92 Å². The Kier molecular flexibility index (Phi) is 3.71. The molecule has 2 heterocycles. The summed E-state index contributed by atoms with van der Waals surface area (Å²) in [6.07, 6.45) is 6.13. The van der Waals surface area contributed by atoms with Crippen molar-refractivity contribution in [2.75, 3.05) is 18.5 Å². The van der Waals surface area contributed by atoms with Crippen LogP contribution < -0.4 is 10.1 Å². The number of hydrogen-bond acceptors (Lipinski definition) is 3. The van der Waals surface area contributed by atoms with E-state index in [1.54, 1.807) is 12.1 Å². The Morgan fingerprint density at radius 3 is 2.87 bits per heavy atom. The lowest BCUT2D eigenvalue weighted by molar-refractivity contribution is -0.117. The molecule has 0 bridgehead atoms. The maximum Gasteiger partial charge on any atom is 0.257 e. The summed E-state index contributed by atoms with van der Waals surface area (Å²) < 4.78 is 5.81. The molecule has 1 N–H and O–H groups in total. The molecular formula is C18H22N2O3. The van der Waals surface area contributed by atoms with Gasteiger partial charge in [-0.1, -0.05) is 0 Å². The molecule has 1 atom stereocenters. The van der Waals surface area contributed by atoms with Crippen LogP contribution in [0.3, 0.4) is 0 Å². The van der Waals surface area contributed by atoms with E-state index >= 15 is 0 Å². The number of fused-ring (bicyclic) bond motifs is 2. The molecule has 2 fully saturated rings. The minimum absolute atomic E-state index is 0.0342. The summed E-state index contributed by atoms with van der Waals surface area (Å²) in [6.45, 7) is 1.46. The number of ether oxygens (including phenoxy) is 1. The number of anilines is 1. The highest BCUT2D eigenvalue weighted by Gasteiger charge is 2.32. The van der Waals surface area contributed by atoms with Crippen molar-refractivity contribution in [3.63, 3.8) is 0 Å². The largest absolute Gasteiger partial charge is 0.493 e. The van der Waals surface area contributed by atoms with E-state index < -0.39 is 0 Å². The molecule has 0 radical (unpaired) electrons. The molecule has 23 heavy (non-hydrogen) atoms. The van der Waals surface area contributed by atoms with Crippen LogP contribution >= 0.6 is 0 Å². The van der Waals surface area contributed by atoms with Crippen LogP contribution in [0.25, 0.3) is 0 Å². The summed E-state index contributed by atoms with van der Waals surface area (Å²) >= 11 is 0. The van der Waals surface area contributed by atoms with Crippen molar-refractivity contribution in [1.29, 1.82) is 0 Å². The first-order valence-corrected chi connectivity index (χ1v) is 8.61. The van der Waals surface area contributed by atoms with Gasteiger partial charge < -0.3 is 15.0 Å². The minimum Gasteiger partial charge on any atom is -0.493 e. The Morgan fingerprint density at radius 2 is 2.04 bits per heavy atom. The number of carbonyl (C=O) groups is 2. The first kappa shape index (κ1) is 14.5. The van der Waals surface area contributed by atoms with E-state index in [-0.39, 0.29) is 23.8 Å². The highest BCUT2D eigenvalue weighted by molar-refractivity contribution is 6.00. The molecule has 4 rings (SSSR count). The summed E-state index contributed by atoms with van der Waals surface area (Å²) in [7, 11) is 0. The highest BCUT2D eigenvalue weighted by atomic mass is 16.5. The van der Waals surface area contributed by atoms with Crippen LogP contribution in [-0.4, -0.2) is 35.9 Å². The zero-order chi connectivity index (χ0) is 15.8. The lowest BCUT2D eigenvalue weighted by Crippen LogP contribution is -2.45. The number of rotatable bonds is 2. The second-order valence-electron chi connectivity index (χ2n) is 6.76. The maximum absolute atomic E-state index is 12.9. The van der Waals surface area contributed by atoms with E-state index in [0.717, 1.165) is 38.6 Å². The van der Waals surface area contributed by atoms with Gasteiger partial charge in [0.25, 0.3) is 5.91 Å². The molecule has 0 aromatic heterocycles. The van der Waals surface area contributed by atoms with Crippen LogP contribution in [-0.2, 0) is 4.79 Å². The highest BCUT2D eigenvalue weighted by Crippen LogP contribution is 2.33. The van der Waals surface area contributed by atoms with Crippen LogP contribution in [0.1, 0.15) is 48.9 Å². The van der Waals surface area contributed by atoms with Gasteiger partial charge in [0.15, 0.2) is 0 Å². The molecule has 2 aliphatic heterocycles. The molecule has 1 aromatic rings. The van der Waals surface area contributed by atoms with E-state index in [0.29, 0.717) is 23.6 Å². The fourth-order valence-electron chi connectivity index (χ4n) is 3.52. The predicted molar refractivity (Wildman–Crippen MR) is 86.6 cm³/mol. The smallest absolute Gasteiger partial charge is 0.257 e. The summed E-state index contributed by atoms with van der Waals surface area (Å²) in [5.74, 6) is 0.866. The Labute approximate surface area is 136 Å². The monoisotopic (exact) mass is 314 g/mol. The zero-order valence-electron chi connectivity index (χ0n) is 13.2. The third kappa shape index (κ3) is 2.92. The number of hydrogen-bond donors (Lipinski definition) is 1. The first-order valence-electron chi connectivity index (χ1n) is 8.61. The first-order chi connectivity index (χ1) is 11.2. The standard InChI is InChI=1S/C18H22N2O3/c21-17(12-4-5-12)19-13-6-7-16-15(11-13)18(22)20-9-2-1-3-14(20)8-10-23-16/h6-7,11-12,14H,1-5,8-10H2,(H,19,21). The molecule has 1 aromatic carbocycles. The molecule has 5 heteroatoms. The van der Waals surface area contributed by atoms with Gasteiger partial charge in [0.1, 0.15) is 5.75 Å². The summed E-state index contributed by atoms with van der Waals surface area (Å²) in [5, 5.41) is 2.92. The van der Waals surface area contributed by atoms with Crippen LogP contribution in [0.4, 0.5) is 5.69 Å². The topological polar surface area (TPSA) is 58.6 Å². The number of amides is 2. The SMILES string of the molecule is O=C(Nc1ccc2c(c1)C(=O)N1CCCCC1CCO2)C1CC1. The van der Waals surface area contributed by atoms with Gasteiger partial charge in [0.2, 0.25) is 5.91 Å². The van der Waals surface area contributed by atoms with Crippen molar-refractivity contribution < 1.29 is 14.3 Å². The Hall–Kier alpha value is -2.04. The van der Waals surface area contributed by atoms with Crippen molar-refractivity contribution in [3.05, 3.63) is 23.8 Å². The Balaban J connectivity index is 1.61. The summed E-state index contributed by atoms with van der Waals surface area (Å²) in [6, 6.07) is 5.69. The molecular weight excluding hydrogens is 292 g/mol. The third-order valence-electron chi connectivity index (χ3n) is 5.02. The van der Waals surface area contributed by atoms with Crippen molar-refractivity contribution >= 4 is 17.5 Å². The number of nitrogens with zero attached hydrogens (tertiary/aromatic N) is 1. The molecule has 1 aliphatic carbocycles. The van der Waals surface area contributed by atoms with Gasteiger partial charge in [-0.15, -0.1) is 0 Å². The van der Waals surface area contributed by atoms with Gasteiger partial charge in [-0.25, -0.2) is 0 Å². The fraction of sp³-hybridized carbons (Fsp3) is 0.556. The quantitative estimate of drug-likeness (QED) is 0.913. The number of carbonyl (C=O) groups excluding carboxylic acids is 2. The van der Waals surface area contributed by atoms with Gasteiger partial charge in [-0.3, -0.25) is 9.59 Å². The van der Waals surface area contributed by atoms with Crippen LogP contribution in [0.2, 0.25) is 0 Å². The van der Waals surface area contributed by atoms with E-state index in [4.69, 9.17) is 4.74 Å². The fourth-order valence-corrected chi connectivity index (χ4v) is 3.52. The average molecular weight is 314 g/mol. The summed E-state index contributed by atoms with van der Waals surface area (Å²) in [4.78, 5) is 26.9. The van der Waals surface area contributed by atoms with Gasteiger partial charge in [0, 0.05) is 30.6 Å². The number of benzene rings is 1. The third-order valence-corrected chi connectivity index (χ3v) is 5.02. The normalized spacial score (nSPS) is 23.9. The van der Waals surface area contributed by atoms with Gasteiger partial charge in [-0.05, 0) is 50.3 Å². The summed E-state index contributed by atoms with van der Waals surface area (Å²) in [5.41, 5.74) is 1.26. The lowest BCUT2D eigenvalue weighted by Gasteiger charge is -2.37. The molecule has 122 valence electrons. The number of nitrogens with one attached hydrogen (secondary N) is 1. The van der Waals surface area contributed by atoms with Gasteiger partial charge in [0.05, 0.1) is 12.2 Å². The van der Waals surface area contributed by atoms with Gasteiger partial charge >= 0.3 is 0 Å². The molecule has 1 saturated heterocycles. The van der Waals surface area contributed by atoms with E-state index in [2.05, 4.69) is 5.32 Å². The Bertz CT molecular complexity index is 639. The molecule has 3 aliphatic rings. The maximum atomic E-state index is 12.9. The van der Waals surface area contributed by atoms with Crippen molar-refractivity contribution in [2.45, 2.75) is 44.6 Å². The molecule has 5 nitrogen and oxygen atoms in total. The second kappa shape index (κ2) is 5.87. The molecule has 1 unspecified atom stereocenters. The molecule has 0 spiro atoms. The average Bonchev–Trinajstić information content (AvgIpc) is 3.39. The number of piperidine rings is 1. The lowest BCUT2D eigenvalue weighted by atomic mass is 9.97. The zero-order valence-corrected chi connectivity index (χ0v) is 13.2. The van der Waals surface area contributed by atoms with Crippen molar-refractivity contribution in [3.8, 4) is 5.75 Å². The van der Waals surface area contributed by atoms with E-state index in [1.165, 1.54) is 6.42 Å². The van der Waals surface area contributed by atoms with E-state index in [9.17, 15) is 9.59 Å². The molecule has 2 amide bonds. The van der Waals surface area contributed by atoms with Crippen LogP contribution in [0.15, 0.2) is 18.2 Å². The second-order valence-corrected chi connectivity index (χ2v) is 6.76. The predicted octanol–water partition coefficient (Wildman–Crippen LogP) is 2.81. The minimum atomic E-state index is 0.0342. The van der Waals surface area contributed by atoms with Gasteiger partial charge in [-0.2, -0.15) is 0 Å². The Morgan fingerprint density at radius 1 is 1.17 bits per heavy atom.